The zero-order valence-electron chi connectivity index (χ0n) is 10.9. The van der Waals surface area contributed by atoms with Crippen molar-refractivity contribution in [3.05, 3.63) is 0 Å². The van der Waals surface area contributed by atoms with Gasteiger partial charge in [0.25, 0.3) is 0 Å². The molecule has 2 N–H and O–H groups in total. The van der Waals surface area contributed by atoms with Gasteiger partial charge in [0.1, 0.15) is 0 Å². The molecule has 0 aromatic rings. The predicted octanol–water partition coefficient (Wildman–Crippen LogP) is 1.47. The zero-order chi connectivity index (χ0) is 12.6. The van der Waals surface area contributed by atoms with E-state index in [1.165, 1.54) is 0 Å². The lowest BCUT2D eigenvalue weighted by molar-refractivity contribution is -0.122. The van der Waals surface area contributed by atoms with Gasteiger partial charge in [-0.1, -0.05) is 0 Å². The van der Waals surface area contributed by atoms with Crippen molar-refractivity contribution in [1.82, 2.24) is 5.32 Å². The summed E-state index contributed by atoms with van der Waals surface area (Å²) < 4.78 is 4.83. The van der Waals surface area contributed by atoms with Gasteiger partial charge in [0.15, 0.2) is 0 Å². The van der Waals surface area contributed by atoms with Crippen molar-refractivity contribution >= 4 is 5.91 Å². The summed E-state index contributed by atoms with van der Waals surface area (Å²) in [5.41, 5.74) is -0.611. The minimum absolute atomic E-state index is 0.0256. The average Bonchev–Trinajstić information content (AvgIpc) is 2.12. The Bertz CT molecular complexity index is 199. The molecule has 0 rings (SSSR count). The highest BCUT2D eigenvalue weighted by atomic mass is 16.5. The summed E-state index contributed by atoms with van der Waals surface area (Å²) >= 11 is 0. The lowest BCUT2D eigenvalue weighted by Gasteiger charge is -2.19. The molecule has 0 fully saturated rings. The third-order valence-corrected chi connectivity index (χ3v) is 2.37. The number of hydrogen-bond donors (Lipinski definition) is 2. The first kappa shape index (κ1) is 15.4. The van der Waals surface area contributed by atoms with Gasteiger partial charge in [-0.15, -0.1) is 0 Å². The number of carbonyl (C=O) groups is 1. The second-order valence-electron chi connectivity index (χ2n) is 4.92. The van der Waals surface area contributed by atoms with E-state index in [-0.39, 0.29) is 11.9 Å². The van der Waals surface area contributed by atoms with Crippen molar-refractivity contribution in [3.8, 4) is 0 Å². The highest BCUT2D eigenvalue weighted by Gasteiger charge is 2.13. The number of carbonyl (C=O) groups excluding carboxylic acids is 1. The van der Waals surface area contributed by atoms with Crippen molar-refractivity contribution in [2.24, 2.45) is 0 Å². The van der Waals surface area contributed by atoms with Crippen LogP contribution in [0.3, 0.4) is 0 Å². The molecule has 0 bridgehead atoms. The van der Waals surface area contributed by atoms with E-state index in [9.17, 15) is 9.90 Å². The van der Waals surface area contributed by atoms with Crippen LogP contribution in [0.4, 0.5) is 0 Å². The van der Waals surface area contributed by atoms with Crippen LogP contribution in [0.15, 0.2) is 0 Å². The van der Waals surface area contributed by atoms with E-state index < -0.39 is 5.60 Å². The molecule has 0 aromatic heterocycles. The van der Waals surface area contributed by atoms with Crippen LogP contribution < -0.4 is 5.32 Å². The van der Waals surface area contributed by atoms with Gasteiger partial charge < -0.3 is 15.2 Å². The van der Waals surface area contributed by atoms with Crippen molar-refractivity contribution in [1.29, 1.82) is 0 Å². The Hall–Kier alpha value is -0.610. The fourth-order valence-electron chi connectivity index (χ4n) is 1.45. The first-order valence-electron chi connectivity index (χ1n) is 5.86. The third-order valence-electron chi connectivity index (χ3n) is 2.37. The van der Waals surface area contributed by atoms with E-state index in [1.54, 1.807) is 21.0 Å². The van der Waals surface area contributed by atoms with Crippen LogP contribution in [-0.2, 0) is 9.53 Å². The predicted molar refractivity (Wildman–Crippen MR) is 64.2 cm³/mol. The summed E-state index contributed by atoms with van der Waals surface area (Å²) in [6.07, 6.45) is 2.97. The smallest absolute Gasteiger partial charge is 0.222 e. The van der Waals surface area contributed by atoms with Crippen LogP contribution in [0.25, 0.3) is 0 Å². The lowest BCUT2D eigenvalue weighted by atomic mass is 10.00. The van der Waals surface area contributed by atoms with Gasteiger partial charge in [0, 0.05) is 19.6 Å². The topological polar surface area (TPSA) is 58.6 Å². The summed E-state index contributed by atoms with van der Waals surface area (Å²) in [5, 5.41) is 12.4. The van der Waals surface area contributed by atoms with E-state index in [4.69, 9.17) is 4.74 Å². The maximum atomic E-state index is 11.3. The Morgan fingerprint density at radius 1 is 1.50 bits per heavy atom. The molecule has 0 radical (unpaired) electrons. The first-order chi connectivity index (χ1) is 7.35. The molecule has 0 aliphatic heterocycles. The van der Waals surface area contributed by atoms with Crippen LogP contribution in [0.5, 0.6) is 0 Å². The summed E-state index contributed by atoms with van der Waals surface area (Å²) in [4.78, 5) is 11.3. The van der Waals surface area contributed by atoms with Crippen LogP contribution in [0, 0.1) is 0 Å². The van der Waals surface area contributed by atoms with Crippen LogP contribution in [-0.4, -0.2) is 36.4 Å². The number of aliphatic hydroxyl groups is 1. The van der Waals surface area contributed by atoms with Crippen LogP contribution in [0.1, 0.15) is 46.5 Å². The summed E-state index contributed by atoms with van der Waals surface area (Å²) in [6, 6.07) is 0.159. The molecule has 0 saturated carbocycles. The number of ether oxygens (including phenoxy) is 1. The molecule has 1 amide bonds. The van der Waals surface area contributed by atoms with Crippen molar-refractivity contribution < 1.29 is 14.6 Å². The quantitative estimate of drug-likeness (QED) is 0.665. The van der Waals surface area contributed by atoms with Crippen molar-refractivity contribution in [2.75, 3.05) is 13.7 Å². The summed E-state index contributed by atoms with van der Waals surface area (Å²) in [7, 11) is 1.58. The molecule has 0 unspecified atom stereocenters. The highest BCUT2D eigenvalue weighted by molar-refractivity contribution is 5.76. The van der Waals surface area contributed by atoms with Gasteiger partial charge in [-0.2, -0.15) is 0 Å². The van der Waals surface area contributed by atoms with E-state index in [0.29, 0.717) is 13.0 Å². The van der Waals surface area contributed by atoms with Gasteiger partial charge in [0.05, 0.1) is 12.2 Å². The van der Waals surface area contributed by atoms with E-state index in [0.717, 1.165) is 19.3 Å². The molecule has 0 spiro atoms. The van der Waals surface area contributed by atoms with Gasteiger partial charge in [-0.3, -0.25) is 4.79 Å². The van der Waals surface area contributed by atoms with E-state index in [2.05, 4.69) is 5.32 Å². The van der Waals surface area contributed by atoms with Gasteiger partial charge >= 0.3 is 0 Å². The molecule has 0 aliphatic rings. The Morgan fingerprint density at radius 3 is 2.62 bits per heavy atom. The van der Waals surface area contributed by atoms with Crippen LogP contribution in [0.2, 0.25) is 0 Å². The fraction of sp³-hybridized carbons (Fsp3) is 0.917. The second kappa shape index (κ2) is 7.63. The number of hydrogen-bond acceptors (Lipinski definition) is 3. The van der Waals surface area contributed by atoms with Gasteiger partial charge in [-0.25, -0.2) is 0 Å². The second-order valence-corrected chi connectivity index (χ2v) is 4.92. The normalized spacial score (nSPS) is 13.6. The third kappa shape index (κ3) is 9.93. The fourth-order valence-corrected chi connectivity index (χ4v) is 1.45. The van der Waals surface area contributed by atoms with Crippen LogP contribution >= 0.6 is 0 Å². The molecule has 96 valence electrons. The molecule has 16 heavy (non-hydrogen) atoms. The standard InChI is InChI=1S/C12H25NO3/c1-10(6-5-8-12(2,3)15)13-11(14)7-9-16-4/h10,15H,5-9H2,1-4H3,(H,13,14)/t10-/m1/s1. The van der Waals surface area contributed by atoms with Gasteiger partial charge in [0.2, 0.25) is 5.91 Å². The Morgan fingerprint density at radius 2 is 2.12 bits per heavy atom. The average molecular weight is 231 g/mol. The molecule has 0 aliphatic carbocycles. The van der Waals surface area contributed by atoms with Crippen molar-refractivity contribution in [3.63, 3.8) is 0 Å². The minimum atomic E-state index is -0.611. The van der Waals surface area contributed by atoms with Gasteiger partial charge in [-0.05, 0) is 40.0 Å². The molecule has 4 heteroatoms. The summed E-state index contributed by atoms with van der Waals surface area (Å²) in [6.45, 7) is 6.04. The summed E-state index contributed by atoms with van der Waals surface area (Å²) in [5.74, 6) is 0.0256. The highest BCUT2D eigenvalue weighted by Crippen LogP contribution is 2.13. The monoisotopic (exact) mass is 231 g/mol. The molecule has 0 aromatic carbocycles. The number of amides is 1. The maximum absolute atomic E-state index is 11.3. The molecule has 0 saturated heterocycles. The Kier molecular flexibility index (Phi) is 7.34. The minimum Gasteiger partial charge on any atom is -0.390 e. The molecule has 4 nitrogen and oxygen atoms in total. The number of methoxy groups -OCH3 is 1. The number of rotatable bonds is 8. The first-order valence-corrected chi connectivity index (χ1v) is 5.86. The van der Waals surface area contributed by atoms with Crippen molar-refractivity contribution in [2.45, 2.75) is 58.1 Å². The molecule has 1 atom stereocenters. The molecule has 0 heterocycles. The molecular weight excluding hydrogens is 206 g/mol. The van der Waals surface area contributed by atoms with E-state index >= 15 is 0 Å². The largest absolute Gasteiger partial charge is 0.390 e. The Labute approximate surface area is 98.4 Å². The maximum Gasteiger partial charge on any atom is 0.222 e. The number of nitrogens with one attached hydrogen (secondary N) is 1. The zero-order valence-corrected chi connectivity index (χ0v) is 10.9. The molecular formula is C12H25NO3. The van der Waals surface area contributed by atoms with E-state index in [1.807, 2.05) is 6.92 Å². The lowest BCUT2D eigenvalue weighted by Crippen LogP contribution is -2.33. The SMILES string of the molecule is COCCC(=O)N[C@H](C)CCCC(C)(C)O. The Balaban J connectivity index is 3.58.